The molecule has 0 unspecified atom stereocenters. The summed E-state index contributed by atoms with van der Waals surface area (Å²) in [6.07, 6.45) is -6.24. The maximum absolute atomic E-state index is 13.4. The lowest BCUT2D eigenvalue weighted by Gasteiger charge is -2.17. The van der Waals surface area contributed by atoms with Crippen LogP contribution in [0, 0.1) is 5.82 Å². The molecule has 1 rings (SSSR count). The Morgan fingerprint density at radius 3 is 2.31 bits per heavy atom. The highest BCUT2D eigenvalue weighted by Crippen LogP contribution is 2.34. The van der Waals surface area contributed by atoms with Crippen LogP contribution in [0.3, 0.4) is 0 Å². The average Bonchev–Trinajstić information content (AvgIpc) is 2.15. The van der Waals surface area contributed by atoms with Crippen LogP contribution in [-0.4, -0.2) is 11.1 Å². The van der Waals surface area contributed by atoms with E-state index in [1.807, 2.05) is 0 Å². The van der Waals surface area contributed by atoms with Crippen LogP contribution < -0.4 is 5.73 Å². The molecular formula is C10H11F4NO. The van der Waals surface area contributed by atoms with Gasteiger partial charge in [-0.2, -0.15) is 13.2 Å². The summed E-state index contributed by atoms with van der Waals surface area (Å²) in [6.45, 7) is 1.38. The van der Waals surface area contributed by atoms with Crippen molar-refractivity contribution >= 4 is 0 Å². The van der Waals surface area contributed by atoms with E-state index in [4.69, 9.17) is 5.73 Å². The van der Waals surface area contributed by atoms with Gasteiger partial charge in [-0.3, -0.25) is 0 Å². The van der Waals surface area contributed by atoms with Crippen LogP contribution in [0.1, 0.15) is 24.2 Å². The SMILES string of the molecule is C[C@H](N)[C@H](O)c1cccc(C(F)(F)F)c1F. The Kier molecular flexibility index (Phi) is 3.54. The van der Waals surface area contributed by atoms with Gasteiger partial charge in [0.05, 0.1) is 11.7 Å². The van der Waals surface area contributed by atoms with Gasteiger partial charge in [-0.15, -0.1) is 0 Å². The van der Waals surface area contributed by atoms with Gasteiger partial charge in [0.2, 0.25) is 0 Å². The van der Waals surface area contributed by atoms with Crippen LogP contribution in [-0.2, 0) is 6.18 Å². The molecule has 0 aliphatic heterocycles. The first-order valence-corrected chi connectivity index (χ1v) is 4.54. The average molecular weight is 237 g/mol. The number of aliphatic hydroxyl groups is 1. The van der Waals surface area contributed by atoms with Gasteiger partial charge >= 0.3 is 6.18 Å². The number of hydrogen-bond donors (Lipinski definition) is 2. The van der Waals surface area contributed by atoms with E-state index in [9.17, 15) is 22.7 Å². The molecule has 1 aromatic carbocycles. The zero-order valence-electron chi connectivity index (χ0n) is 8.42. The number of rotatable bonds is 2. The molecule has 0 aliphatic rings. The second-order valence-electron chi connectivity index (χ2n) is 3.51. The number of halogens is 4. The lowest BCUT2D eigenvalue weighted by atomic mass is 10.0. The number of aliphatic hydroxyl groups excluding tert-OH is 1. The van der Waals surface area contributed by atoms with Gasteiger partial charge in [0.25, 0.3) is 0 Å². The summed E-state index contributed by atoms with van der Waals surface area (Å²) in [7, 11) is 0. The molecule has 0 fully saturated rings. The molecule has 3 N–H and O–H groups in total. The molecule has 0 saturated heterocycles. The van der Waals surface area contributed by atoms with E-state index in [0.717, 1.165) is 12.1 Å². The van der Waals surface area contributed by atoms with Gasteiger partial charge in [-0.05, 0) is 13.0 Å². The molecule has 0 radical (unpaired) electrons. The van der Waals surface area contributed by atoms with Crippen molar-refractivity contribution < 1.29 is 22.7 Å². The van der Waals surface area contributed by atoms with Crippen molar-refractivity contribution in [1.29, 1.82) is 0 Å². The van der Waals surface area contributed by atoms with Crippen molar-refractivity contribution in [3.05, 3.63) is 35.1 Å². The summed E-state index contributed by atoms with van der Waals surface area (Å²) in [4.78, 5) is 0. The van der Waals surface area contributed by atoms with Gasteiger partial charge in [0, 0.05) is 11.6 Å². The fourth-order valence-electron chi connectivity index (χ4n) is 1.28. The van der Waals surface area contributed by atoms with Crippen LogP contribution in [0.2, 0.25) is 0 Å². The minimum atomic E-state index is -4.78. The molecule has 2 atom stereocenters. The largest absolute Gasteiger partial charge is 0.419 e. The van der Waals surface area contributed by atoms with Crippen molar-refractivity contribution in [1.82, 2.24) is 0 Å². The van der Waals surface area contributed by atoms with Crippen LogP contribution in [0.4, 0.5) is 17.6 Å². The van der Waals surface area contributed by atoms with Gasteiger partial charge in [-0.25, -0.2) is 4.39 Å². The Morgan fingerprint density at radius 2 is 1.88 bits per heavy atom. The van der Waals surface area contributed by atoms with E-state index in [2.05, 4.69) is 0 Å². The molecule has 0 aliphatic carbocycles. The van der Waals surface area contributed by atoms with Crippen molar-refractivity contribution in [2.24, 2.45) is 5.73 Å². The summed E-state index contributed by atoms with van der Waals surface area (Å²) in [5, 5.41) is 9.44. The van der Waals surface area contributed by atoms with E-state index in [0.29, 0.717) is 6.07 Å². The third-order valence-electron chi connectivity index (χ3n) is 2.15. The quantitative estimate of drug-likeness (QED) is 0.775. The summed E-state index contributed by atoms with van der Waals surface area (Å²) in [5.74, 6) is -1.47. The molecule has 0 aromatic heterocycles. The fraction of sp³-hybridized carbons (Fsp3) is 0.400. The van der Waals surface area contributed by atoms with Gasteiger partial charge in [0.1, 0.15) is 5.82 Å². The Morgan fingerprint density at radius 1 is 1.31 bits per heavy atom. The molecule has 0 saturated carbocycles. The minimum absolute atomic E-state index is 0.440. The number of nitrogens with two attached hydrogens (primary N) is 1. The van der Waals surface area contributed by atoms with E-state index < -0.39 is 35.3 Å². The zero-order chi connectivity index (χ0) is 12.5. The second-order valence-corrected chi connectivity index (χ2v) is 3.51. The molecule has 0 heterocycles. The predicted molar refractivity (Wildman–Crippen MR) is 50.0 cm³/mol. The fourth-order valence-corrected chi connectivity index (χ4v) is 1.28. The molecule has 90 valence electrons. The summed E-state index contributed by atoms with van der Waals surface area (Å²) >= 11 is 0. The monoisotopic (exact) mass is 237 g/mol. The van der Waals surface area contributed by atoms with Crippen LogP contribution in [0.5, 0.6) is 0 Å². The molecule has 6 heteroatoms. The molecule has 0 spiro atoms. The highest BCUT2D eigenvalue weighted by Gasteiger charge is 2.35. The number of hydrogen-bond acceptors (Lipinski definition) is 2. The lowest BCUT2D eigenvalue weighted by molar-refractivity contribution is -0.140. The first-order chi connectivity index (χ1) is 7.25. The van der Waals surface area contributed by atoms with Crippen molar-refractivity contribution in [3.63, 3.8) is 0 Å². The topological polar surface area (TPSA) is 46.2 Å². The van der Waals surface area contributed by atoms with Crippen molar-refractivity contribution in [2.75, 3.05) is 0 Å². The third kappa shape index (κ3) is 2.51. The first kappa shape index (κ1) is 12.9. The van der Waals surface area contributed by atoms with E-state index >= 15 is 0 Å². The smallest absolute Gasteiger partial charge is 0.387 e. The molecule has 0 amide bonds. The maximum Gasteiger partial charge on any atom is 0.419 e. The second kappa shape index (κ2) is 4.39. The standard InChI is InChI=1S/C10H11F4NO/c1-5(15)9(16)6-3-2-4-7(8(6)11)10(12,13)14/h2-5,9,16H,15H2,1H3/t5-,9-/m0/s1. The highest BCUT2D eigenvalue weighted by atomic mass is 19.4. The van der Waals surface area contributed by atoms with Gasteiger partial charge in [0.15, 0.2) is 0 Å². The first-order valence-electron chi connectivity index (χ1n) is 4.54. The van der Waals surface area contributed by atoms with E-state index in [1.54, 1.807) is 0 Å². The van der Waals surface area contributed by atoms with E-state index in [1.165, 1.54) is 6.92 Å². The maximum atomic E-state index is 13.4. The summed E-state index contributed by atoms with van der Waals surface area (Å²) < 4.78 is 50.5. The lowest BCUT2D eigenvalue weighted by Crippen LogP contribution is -2.26. The summed E-state index contributed by atoms with van der Waals surface area (Å²) in [5.41, 5.74) is 3.46. The number of benzene rings is 1. The van der Waals surface area contributed by atoms with Crippen LogP contribution in [0.25, 0.3) is 0 Å². The Labute approximate surface area is 89.7 Å². The Hall–Kier alpha value is -1.14. The van der Waals surface area contributed by atoms with Crippen LogP contribution in [0.15, 0.2) is 18.2 Å². The Balaban J connectivity index is 3.24. The highest BCUT2D eigenvalue weighted by molar-refractivity contribution is 5.30. The molecule has 2 nitrogen and oxygen atoms in total. The molecule has 1 aromatic rings. The molecular weight excluding hydrogens is 226 g/mol. The van der Waals surface area contributed by atoms with Crippen molar-refractivity contribution in [2.45, 2.75) is 25.2 Å². The molecule has 0 bridgehead atoms. The van der Waals surface area contributed by atoms with Crippen molar-refractivity contribution in [3.8, 4) is 0 Å². The zero-order valence-corrected chi connectivity index (χ0v) is 8.42. The van der Waals surface area contributed by atoms with Gasteiger partial charge < -0.3 is 10.8 Å². The number of alkyl halides is 3. The third-order valence-corrected chi connectivity index (χ3v) is 2.15. The molecule has 16 heavy (non-hydrogen) atoms. The van der Waals surface area contributed by atoms with Crippen LogP contribution >= 0.6 is 0 Å². The van der Waals surface area contributed by atoms with E-state index in [-0.39, 0.29) is 0 Å². The predicted octanol–water partition coefficient (Wildman–Crippen LogP) is 2.23. The minimum Gasteiger partial charge on any atom is -0.387 e. The van der Waals surface area contributed by atoms with Gasteiger partial charge in [-0.1, -0.05) is 12.1 Å². The normalized spacial score (nSPS) is 15.9. The summed E-state index contributed by atoms with van der Waals surface area (Å²) in [6, 6.07) is 1.89. The Bertz CT molecular complexity index is 376.